The summed E-state index contributed by atoms with van der Waals surface area (Å²) >= 11 is 0.979. The number of aromatic nitrogens is 1. The largest absolute Gasteiger partial charge is 0.573 e. The van der Waals surface area contributed by atoms with E-state index in [0.717, 1.165) is 17.4 Å². The van der Waals surface area contributed by atoms with Crippen LogP contribution in [0.3, 0.4) is 0 Å². The first-order chi connectivity index (χ1) is 11.9. The summed E-state index contributed by atoms with van der Waals surface area (Å²) in [5.74, 6) is -1.42. The average molecular weight is 390 g/mol. The molecule has 1 heterocycles. The number of benzene rings is 1. The highest BCUT2D eigenvalue weighted by Crippen LogP contribution is 2.31. The Bertz CT molecular complexity index is 833. The van der Waals surface area contributed by atoms with Crippen molar-refractivity contribution in [3.05, 3.63) is 18.2 Å². The zero-order valence-corrected chi connectivity index (χ0v) is 14.9. The lowest BCUT2D eigenvalue weighted by atomic mass is 10.0. The molecule has 1 unspecified atom stereocenters. The molecule has 0 aliphatic rings. The van der Waals surface area contributed by atoms with Crippen molar-refractivity contribution in [2.24, 2.45) is 5.73 Å². The van der Waals surface area contributed by atoms with Crippen LogP contribution in [-0.2, 0) is 9.59 Å². The van der Waals surface area contributed by atoms with E-state index in [4.69, 9.17) is 5.73 Å². The van der Waals surface area contributed by atoms with E-state index < -0.39 is 29.8 Å². The quantitative estimate of drug-likeness (QED) is 0.727. The Morgan fingerprint density at radius 2 is 1.96 bits per heavy atom. The van der Waals surface area contributed by atoms with Crippen molar-refractivity contribution in [1.82, 2.24) is 10.3 Å². The number of ether oxygens (including phenoxy) is 1. The summed E-state index contributed by atoms with van der Waals surface area (Å²) in [6.45, 7) is 4.47. The number of carbonyl (C=O) groups is 2. The Balaban J connectivity index is 2.15. The zero-order chi connectivity index (χ0) is 19.7. The Morgan fingerprint density at radius 1 is 1.31 bits per heavy atom. The second-order valence-corrected chi connectivity index (χ2v) is 7.08. The predicted molar refractivity (Wildman–Crippen MR) is 90.8 cm³/mol. The fourth-order valence-corrected chi connectivity index (χ4v) is 2.78. The summed E-state index contributed by atoms with van der Waals surface area (Å²) in [5, 5.41) is 5.21. The predicted octanol–water partition coefficient (Wildman–Crippen LogP) is 2.38. The van der Waals surface area contributed by atoms with Crippen molar-refractivity contribution in [2.45, 2.75) is 38.7 Å². The number of nitrogens with zero attached hydrogens (tertiary/aromatic N) is 1. The van der Waals surface area contributed by atoms with E-state index in [0.29, 0.717) is 10.2 Å². The molecule has 0 bridgehead atoms. The van der Waals surface area contributed by atoms with Crippen LogP contribution in [0.1, 0.15) is 20.8 Å². The van der Waals surface area contributed by atoms with Crippen LogP contribution in [0.2, 0.25) is 0 Å². The minimum absolute atomic E-state index is 0.178. The number of rotatable bonds is 5. The molecule has 0 saturated heterocycles. The maximum absolute atomic E-state index is 12.4. The molecule has 0 fully saturated rings. The number of halogens is 3. The molecule has 11 heteroatoms. The van der Waals surface area contributed by atoms with Gasteiger partial charge in [0.2, 0.25) is 5.91 Å². The Hall–Kier alpha value is -2.40. The standard InChI is InChI=1S/C15H17F3N4O3S/c1-7(19)11(23)22-14(2,3)12(24)21-13-20-9-5-4-8(6-10(9)26-13)25-15(16,17)18/h4-7H,19H2,1-3H3,(H,22,23)(H,20,21,24). The molecular formula is C15H17F3N4O3S. The van der Waals surface area contributed by atoms with Crippen molar-refractivity contribution in [3.8, 4) is 5.75 Å². The topological polar surface area (TPSA) is 106 Å². The van der Waals surface area contributed by atoms with E-state index in [1.165, 1.54) is 32.9 Å². The third kappa shape index (κ3) is 5.05. The highest BCUT2D eigenvalue weighted by molar-refractivity contribution is 7.22. The van der Waals surface area contributed by atoms with E-state index in [9.17, 15) is 22.8 Å². The normalized spacial score (nSPS) is 13.3. The number of alkyl halides is 3. The third-order valence-corrected chi connectivity index (χ3v) is 4.16. The van der Waals surface area contributed by atoms with E-state index in [1.54, 1.807) is 0 Å². The van der Waals surface area contributed by atoms with Gasteiger partial charge in [-0.25, -0.2) is 4.98 Å². The Morgan fingerprint density at radius 3 is 2.54 bits per heavy atom. The van der Waals surface area contributed by atoms with E-state index in [2.05, 4.69) is 20.4 Å². The molecule has 2 rings (SSSR count). The minimum atomic E-state index is -4.79. The molecular weight excluding hydrogens is 373 g/mol. The number of carbonyl (C=O) groups excluding carboxylic acids is 2. The van der Waals surface area contributed by atoms with Gasteiger partial charge in [0.1, 0.15) is 11.3 Å². The second kappa shape index (κ2) is 7.08. The molecule has 0 spiro atoms. The fraction of sp³-hybridized carbons (Fsp3) is 0.400. The maximum atomic E-state index is 12.4. The molecule has 1 aromatic carbocycles. The lowest BCUT2D eigenvalue weighted by Crippen LogP contribution is -2.55. The molecule has 1 aromatic heterocycles. The summed E-state index contributed by atoms with van der Waals surface area (Å²) in [4.78, 5) is 28.2. The van der Waals surface area contributed by atoms with E-state index in [-0.39, 0.29) is 10.9 Å². The molecule has 7 nitrogen and oxygen atoms in total. The summed E-state index contributed by atoms with van der Waals surface area (Å²) < 4.78 is 41.1. The van der Waals surface area contributed by atoms with Crippen LogP contribution in [0.25, 0.3) is 10.2 Å². The van der Waals surface area contributed by atoms with Gasteiger partial charge in [0, 0.05) is 6.07 Å². The fourth-order valence-electron chi connectivity index (χ4n) is 1.89. The molecule has 142 valence electrons. The van der Waals surface area contributed by atoms with Gasteiger partial charge in [-0.3, -0.25) is 14.9 Å². The number of anilines is 1. The molecule has 0 aliphatic heterocycles. The smallest absolute Gasteiger partial charge is 0.406 e. The summed E-state index contributed by atoms with van der Waals surface area (Å²) in [5.41, 5.74) is 4.60. The molecule has 0 aliphatic carbocycles. The monoisotopic (exact) mass is 390 g/mol. The first-order valence-electron chi connectivity index (χ1n) is 7.43. The number of amides is 2. The number of hydrogen-bond acceptors (Lipinski definition) is 6. The van der Waals surface area contributed by atoms with Crippen molar-refractivity contribution in [2.75, 3.05) is 5.32 Å². The van der Waals surface area contributed by atoms with Crippen molar-refractivity contribution in [3.63, 3.8) is 0 Å². The molecule has 0 saturated carbocycles. The average Bonchev–Trinajstić information content (AvgIpc) is 2.86. The van der Waals surface area contributed by atoms with Crippen LogP contribution in [0.15, 0.2) is 18.2 Å². The lowest BCUT2D eigenvalue weighted by molar-refractivity contribution is -0.274. The lowest BCUT2D eigenvalue weighted by Gasteiger charge is -2.25. The minimum Gasteiger partial charge on any atom is -0.406 e. The number of thiazole rings is 1. The van der Waals surface area contributed by atoms with Crippen molar-refractivity contribution >= 4 is 38.5 Å². The molecule has 1 atom stereocenters. The van der Waals surface area contributed by atoms with Crippen LogP contribution >= 0.6 is 11.3 Å². The number of nitrogens with two attached hydrogens (primary N) is 1. The van der Waals surface area contributed by atoms with Crippen LogP contribution in [0.4, 0.5) is 18.3 Å². The van der Waals surface area contributed by atoms with E-state index >= 15 is 0 Å². The van der Waals surface area contributed by atoms with Gasteiger partial charge in [-0.1, -0.05) is 11.3 Å². The van der Waals surface area contributed by atoms with Gasteiger partial charge >= 0.3 is 6.36 Å². The highest BCUT2D eigenvalue weighted by atomic mass is 32.1. The summed E-state index contributed by atoms with van der Waals surface area (Å²) in [6.07, 6.45) is -4.79. The van der Waals surface area contributed by atoms with Crippen molar-refractivity contribution in [1.29, 1.82) is 0 Å². The summed E-state index contributed by atoms with van der Waals surface area (Å²) in [7, 11) is 0. The van der Waals surface area contributed by atoms with Crippen LogP contribution in [0, 0.1) is 0 Å². The molecule has 2 aromatic rings. The van der Waals surface area contributed by atoms with Gasteiger partial charge in [-0.15, -0.1) is 13.2 Å². The zero-order valence-electron chi connectivity index (χ0n) is 14.1. The Kier molecular flexibility index (Phi) is 5.42. The molecule has 26 heavy (non-hydrogen) atoms. The molecule has 0 radical (unpaired) electrons. The highest BCUT2D eigenvalue weighted by Gasteiger charge is 2.32. The number of hydrogen-bond donors (Lipinski definition) is 3. The Labute approximate surface area is 150 Å². The van der Waals surface area contributed by atoms with E-state index in [1.807, 2.05) is 0 Å². The van der Waals surface area contributed by atoms with Crippen LogP contribution in [0.5, 0.6) is 5.75 Å². The molecule has 2 amide bonds. The summed E-state index contributed by atoms with van der Waals surface area (Å²) in [6, 6.07) is 2.88. The van der Waals surface area contributed by atoms with Gasteiger partial charge in [0.05, 0.1) is 16.3 Å². The first-order valence-corrected chi connectivity index (χ1v) is 8.24. The second-order valence-electron chi connectivity index (χ2n) is 6.05. The SMILES string of the molecule is CC(N)C(=O)NC(C)(C)C(=O)Nc1nc2ccc(OC(F)(F)F)cc2s1. The van der Waals surface area contributed by atoms with Crippen LogP contribution < -0.4 is 21.1 Å². The van der Waals surface area contributed by atoms with Gasteiger partial charge < -0.3 is 15.8 Å². The molecule has 4 N–H and O–H groups in total. The van der Waals surface area contributed by atoms with Gasteiger partial charge in [-0.2, -0.15) is 0 Å². The third-order valence-electron chi connectivity index (χ3n) is 3.23. The maximum Gasteiger partial charge on any atom is 0.573 e. The first kappa shape index (κ1) is 19.9. The van der Waals surface area contributed by atoms with Crippen LogP contribution in [-0.4, -0.2) is 34.7 Å². The van der Waals surface area contributed by atoms with Gasteiger partial charge in [0.15, 0.2) is 5.13 Å². The number of fused-ring (bicyclic) bond motifs is 1. The van der Waals surface area contributed by atoms with Gasteiger partial charge in [-0.05, 0) is 32.9 Å². The van der Waals surface area contributed by atoms with Gasteiger partial charge in [0.25, 0.3) is 5.91 Å². The number of nitrogens with one attached hydrogen (secondary N) is 2. The van der Waals surface area contributed by atoms with Crippen molar-refractivity contribution < 1.29 is 27.5 Å².